The SMILES string of the molecule is CCNC(=O)c1cccc(CNC(=NC)N(C)Cc2ccc(OC)cc2)c1. The van der Waals surface area contributed by atoms with Crippen molar-refractivity contribution in [3.05, 3.63) is 65.2 Å². The molecular weight excluding hydrogens is 340 g/mol. The van der Waals surface area contributed by atoms with Crippen molar-refractivity contribution in [1.82, 2.24) is 15.5 Å². The molecule has 0 aromatic heterocycles. The Hall–Kier alpha value is -3.02. The molecule has 2 rings (SSSR count). The number of benzene rings is 2. The third-order valence-corrected chi connectivity index (χ3v) is 4.13. The summed E-state index contributed by atoms with van der Waals surface area (Å²) in [6.07, 6.45) is 0. The lowest BCUT2D eigenvalue weighted by Crippen LogP contribution is -2.38. The Morgan fingerprint density at radius 2 is 1.85 bits per heavy atom. The first-order valence-electron chi connectivity index (χ1n) is 8.99. The maximum absolute atomic E-state index is 12.0. The van der Waals surface area contributed by atoms with Crippen LogP contribution in [-0.4, -0.2) is 44.5 Å². The summed E-state index contributed by atoms with van der Waals surface area (Å²) in [5, 5.41) is 6.16. The van der Waals surface area contributed by atoms with Crippen LogP contribution in [0.25, 0.3) is 0 Å². The van der Waals surface area contributed by atoms with Gasteiger partial charge in [-0.1, -0.05) is 24.3 Å². The quantitative estimate of drug-likeness (QED) is 0.582. The zero-order chi connectivity index (χ0) is 19.6. The van der Waals surface area contributed by atoms with Crippen LogP contribution in [0, 0.1) is 0 Å². The molecule has 2 aromatic carbocycles. The van der Waals surface area contributed by atoms with Crippen molar-refractivity contribution in [1.29, 1.82) is 0 Å². The molecule has 0 bridgehead atoms. The van der Waals surface area contributed by atoms with Crippen LogP contribution in [0.3, 0.4) is 0 Å². The highest BCUT2D eigenvalue weighted by molar-refractivity contribution is 5.94. The number of rotatable bonds is 7. The minimum atomic E-state index is -0.0552. The van der Waals surface area contributed by atoms with Gasteiger partial charge in [-0.2, -0.15) is 0 Å². The number of nitrogens with zero attached hydrogens (tertiary/aromatic N) is 2. The summed E-state index contributed by atoms with van der Waals surface area (Å²) < 4.78 is 5.19. The lowest BCUT2D eigenvalue weighted by Gasteiger charge is -2.22. The molecule has 0 aliphatic rings. The van der Waals surface area contributed by atoms with E-state index in [1.165, 1.54) is 5.56 Å². The predicted molar refractivity (Wildman–Crippen MR) is 109 cm³/mol. The fourth-order valence-electron chi connectivity index (χ4n) is 2.73. The van der Waals surface area contributed by atoms with Crippen LogP contribution in [0.5, 0.6) is 5.75 Å². The maximum Gasteiger partial charge on any atom is 0.251 e. The Labute approximate surface area is 161 Å². The Morgan fingerprint density at radius 1 is 1.11 bits per heavy atom. The van der Waals surface area contributed by atoms with E-state index in [1.807, 2.05) is 62.5 Å². The molecule has 0 atom stereocenters. The van der Waals surface area contributed by atoms with Crippen molar-refractivity contribution in [2.24, 2.45) is 4.99 Å². The smallest absolute Gasteiger partial charge is 0.251 e. The van der Waals surface area contributed by atoms with Crippen LogP contribution in [-0.2, 0) is 13.1 Å². The van der Waals surface area contributed by atoms with E-state index in [9.17, 15) is 4.79 Å². The summed E-state index contributed by atoms with van der Waals surface area (Å²) in [4.78, 5) is 18.4. The standard InChI is InChI=1S/C21H28N4O2/c1-5-23-20(26)18-8-6-7-17(13-18)14-24-21(22-2)25(3)15-16-9-11-19(27-4)12-10-16/h6-13H,5,14-15H2,1-4H3,(H,22,24)(H,23,26). The minimum absolute atomic E-state index is 0.0552. The number of carbonyl (C=O) groups excluding carboxylic acids is 1. The second-order valence-corrected chi connectivity index (χ2v) is 6.16. The molecule has 1 amide bonds. The van der Waals surface area contributed by atoms with Crippen LogP contribution in [0.15, 0.2) is 53.5 Å². The van der Waals surface area contributed by atoms with Gasteiger partial charge in [0.1, 0.15) is 5.75 Å². The first-order valence-corrected chi connectivity index (χ1v) is 8.99. The monoisotopic (exact) mass is 368 g/mol. The number of aliphatic imine (C=N–C) groups is 1. The normalized spacial score (nSPS) is 11.0. The van der Waals surface area contributed by atoms with Gasteiger partial charge in [-0.15, -0.1) is 0 Å². The summed E-state index contributed by atoms with van der Waals surface area (Å²) in [6.45, 7) is 3.84. The number of carbonyl (C=O) groups is 1. The summed E-state index contributed by atoms with van der Waals surface area (Å²) in [7, 11) is 5.41. The third kappa shape index (κ3) is 6.02. The van der Waals surface area contributed by atoms with Crippen LogP contribution < -0.4 is 15.4 Å². The molecule has 0 unspecified atom stereocenters. The van der Waals surface area contributed by atoms with E-state index in [1.54, 1.807) is 14.2 Å². The second-order valence-electron chi connectivity index (χ2n) is 6.16. The summed E-state index contributed by atoms with van der Waals surface area (Å²) in [5.41, 5.74) is 2.86. The Bertz CT molecular complexity index is 772. The average molecular weight is 368 g/mol. The Morgan fingerprint density at radius 3 is 2.48 bits per heavy atom. The molecule has 6 heteroatoms. The average Bonchev–Trinajstić information content (AvgIpc) is 2.69. The number of methoxy groups -OCH3 is 1. The molecular formula is C21H28N4O2. The van der Waals surface area contributed by atoms with Crippen molar-refractivity contribution in [2.45, 2.75) is 20.0 Å². The van der Waals surface area contributed by atoms with Gasteiger partial charge < -0.3 is 20.3 Å². The number of hydrogen-bond acceptors (Lipinski definition) is 3. The van der Waals surface area contributed by atoms with Crippen molar-refractivity contribution >= 4 is 11.9 Å². The summed E-state index contributed by atoms with van der Waals surface area (Å²) >= 11 is 0. The van der Waals surface area contributed by atoms with E-state index in [0.717, 1.165) is 23.8 Å². The summed E-state index contributed by atoms with van der Waals surface area (Å²) in [5.74, 6) is 1.57. The molecule has 2 aromatic rings. The number of nitrogens with one attached hydrogen (secondary N) is 2. The van der Waals surface area contributed by atoms with Gasteiger partial charge in [0.25, 0.3) is 5.91 Å². The molecule has 6 nitrogen and oxygen atoms in total. The molecule has 0 fully saturated rings. The van der Waals surface area contributed by atoms with E-state index >= 15 is 0 Å². The van der Waals surface area contributed by atoms with Crippen LogP contribution in [0.2, 0.25) is 0 Å². The number of hydrogen-bond donors (Lipinski definition) is 2. The van der Waals surface area contributed by atoms with E-state index in [4.69, 9.17) is 4.74 Å². The van der Waals surface area contributed by atoms with E-state index in [0.29, 0.717) is 18.7 Å². The fraction of sp³-hybridized carbons (Fsp3) is 0.333. The van der Waals surface area contributed by atoms with Crippen LogP contribution >= 0.6 is 0 Å². The molecule has 27 heavy (non-hydrogen) atoms. The van der Waals surface area contributed by atoms with Gasteiger partial charge in [0, 0.05) is 39.3 Å². The Kier molecular flexibility index (Phi) is 7.67. The Balaban J connectivity index is 1.96. The van der Waals surface area contributed by atoms with Gasteiger partial charge in [-0.05, 0) is 42.3 Å². The number of guanidine groups is 1. The summed E-state index contributed by atoms with van der Waals surface area (Å²) in [6, 6.07) is 15.6. The molecule has 0 saturated carbocycles. The predicted octanol–water partition coefficient (Wildman–Crippen LogP) is 2.65. The number of amides is 1. The third-order valence-electron chi connectivity index (χ3n) is 4.13. The van der Waals surface area contributed by atoms with Gasteiger partial charge in [0.05, 0.1) is 7.11 Å². The fourth-order valence-corrected chi connectivity index (χ4v) is 2.73. The lowest BCUT2D eigenvalue weighted by molar-refractivity contribution is 0.0955. The maximum atomic E-state index is 12.0. The molecule has 0 heterocycles. The lowest BCUT2D eigenvalue weighted by atomic mass is 10.1. The van der Waals surface area contributed by atoms with Gasteiger partial charge in [0.15, 0.2) is 5.96 Å². The van der Waals surface area contributed by atoms with E-state index in [-0.39, 0.29) is 5.91 Å². The van der Waals surface area contributed by atoms with Crippen molar-refractivity contribution in [3.8, 4) is 5.75 Å². The van der Waals surface area contributed by atoms with Crippen molar-refractivity contribution in [3.63, 3.8) is 0 Å². The van der Waals surface area contributed by atoms with Crippen LogP contribution in [0.1, 0.15) is 28.4 Å². The zero-order valence-corrected chi connectivity index (χ0v) is 16.5. The molecule has 0 aliphatic heterocycles. The highest BCUT2D eigenvalue weighted by Gasteiger charge is 2.08. The molecule has 0 saturated heterocycles. The van der Waals surface area contributed by atoms with Gasteiger partial charge in [-0.25, -0.2) is 0 Å². The van der Waals surface area contributed by atoms with Crippen LogP contribution in [0.4, 0.5) is 0 Å². The molecule has 0 radical (unpaired) electrons. The first kappa shape index (κ1) is 20.3. The number of ether oxygens (including phenoxy) is 1. The van der Waals surface area contributed by atoms with Gasteiger partial charge in [0.2, 0.25) is 0 Å². The zero-order valence-electron chi connectivity index (χ0n) is 16.5. The molecule has 2 N–H and O–H groups in total. The van der Waals surface area contributed by atoms with Crippen molar-refractivity contribution < 1.29 is 9.53 Å². The minimum Gasteiger partial charge on any atom is -0.497 e. The van der Waals surface area contributed by atoms with E-state index < -0.39 is 0 Å². The molecule has 144 valence electrons. The van der Waals surface area contributed by atoms with Gasteiger partial charge in [-0.3, -0.25) is 9.79 Å². The van der Waals surface area contributed by atoms with Gasteiger partial charge >= 0.3 is 0 Å². The molecule has 0 spiro atoms. The first-order chi connectivity index (χ1) is 13.1. The molecule has 0 aliphatic carbocycles. The van der Waals surface area contributed by atoms with Crippen molar-refractivity contribution in [2.75, 3.05) is 27.7 Å². The highest BCUT2D eigenvalue weighted by Crippen LogP contribution is 2.12. The highest BCUT2D eigenvalue weighted by atomic mass is 16.5. The van der Waals surface area contributed by atoms with E-state index in [2.05, 4.69) is 20.5 Å². The second kappa shape index (κ2) is 10.2. The largest absolute Gasteiger partial charge is 0.497 e. The topological polar surface area (TPSA) is 66.0 Å².